The van der Waals surface area contributed by atoms with Crippen LogP contribution in [0.15, 0.2) is 48.7 Å². The molecule has 0 spiro atoms. The van der Waals surface area contributed by atoms with Crippen LogP contribution in [-0.4, -0.2) is 11.7 Å². The van der Waals surface area contributed by atoms with Crippen molar-refractivity contribution in [2.45, 2.75) is 6.54 Å². The molecule has 0 atom stereocenters. The Morgan fingerprint density at radius 2 is 2.05 bits per heavy atom. The van der Waals surface area contributed by atoms with Gasteiger partial charge < -0.3 is 9.30 Å². The summed E-state index contributed by atoms with van der Waals surface area (Å²) in [6, 6.07) is 14.6. The first-order valence-corrected chi connectivity index (χ1v) is 6.52. The van der Waals surface area contributed by atoms with E-state index < -0.39 is 0 Å². The highest BCUT2D eigenvalue weighted by atomic mass is 19.1. The van der Waals surface area contributed by atoms with Crippen LogP contribution in [0.3, 0.4) is 0 Å². The second kappa shape index (κ2) is 5.29. The predicted octanol–water partition coefficient (Wildman–Crippen LogP) is 3.71. The lowest BCUT2D eigenvalue weighted by atomic mass is 10.1. The number of nitriles is 1. The Labute approximate surface area is 121 Å². The number of nitrogens with zero attached hydrogens (tertiary/aromatic N) is 2. The summed E-state index contributed by atoms with van der Waals surface area (Å²) in [5.74, 6) is -0.118. The molecule has 1 aromatic heterocycles. The summed E-state index contributed by atoms with van der Waals surface area (Å²) in [6.07, 6.45) is 1.94. The van der Waals surface area contributed by atoms with Gasteiger partial charge in [0.1, 0.15) is 0 Å². The molecule has 0 N–H and O–H groups in total. The molecule has 3 nitrogen and oxygen atoms in total. The molecule has 0 bridgehead atoms. The monoisotopic (exact) mass is 280 g/mol. The van der Waals surface area contributed by atoms with Gasteiger partial charge in [-0.3, -0.25) is 0 Å². The van der Waals surface area contributed by atoms with Crippen molar-refractivity contribution >= 4 is 10.9 Å². The lowest BCUT2D eigenvalue weighted by Crippen LogP contribution is -1.99. The van der Waals surface area contributed by atoms with E-state index in [-0.39, 0.29) is 11.6 Å². The second-order valence-corrected chi connectivity index (χ2v) is 4.80. The lowest BCUT2D eigenvalue weighted by molar-refractivity contribution is 0.386. The predicted molar refractivity (Wildman–Crippen MR) is 78.7 cm³/mol. The summed E-state index contributed by atoms with van der Waals surface area (Å²) in [6.45, 7) is 0.566. The summed E-state index contributed by atoms with van der Waals surface area (Å²) >= 11 is 0. The molecule has 0 aliphatic carbocycles. The van der Waals surface area contributed by atoms with Crippen LogP contribution in [0.5, 0.6) is 5.75 Å². The molecular weight excluding hydrogens is 267 g/mol. The molecule has 0 aliphatic heterocycles. The van der Waals surface area contributed by atoms with E-state index in [4.69, 9.17) is 10.00 Å². The number of benzene rings is 2. The number of aromatic nitrogens is 1. The number of hydrogen-bond acceptors (Lipinski definition) is 2. The smallest absolute Gasteiger partial charge is 0.165 e. The van der Waals surface area contributed by atoms with Gasteiger partial charge in [-0.15, -0.1) is 0 Å². The Balaban J connectivity index is 1.95. The molecule has 3 rings (SSSR count). The van der Waals surface area contributed by atoms with Crippen molar-refractivity contribution in [3.8, 4) is 11.8 Å². The van der Waals surface area contributed by atoms with Crippen LogP contribution < -0.4 is 4.74 Å². The number of fused-ring (bicyclic) bond motifs is 1. The fourth-order valence-corrected chi connectivity index (χ4v) is 2.41. The van der Waals surface area contributed by atoms with Gasteiger partial charge in [-0.05, 0) is 42.0 Å². The molecule has 0 amide bonds. The molecule has 0 saturated carbocycles. The highest BCUT2D eigenvalue weighted by Crippen LogP contribution is 2.21. The average Bonchev–Trinajstić information content (AvgIpc) is 2.89. The molecule has 0 radical (unpaired) electrons. The quantitative estimate of drug-likeness (QED) is 0.733. The molecule has 0 fully saturated rings. The highest BCUT2D eigenvalue weighted by molar-refractivity contribution is 5.81. The number of methoxy groups -OCH3 is 1. The van der Waals surface area contributed by atoms with Crippen molar-refractivity contribution < 1.29 is 9.13 Å². The van der Waals surface area contributed by atoms with Crippen molar-refractivity contribution in [2.75, 3.05) is 7.11 Å². The van der Waals surface area contributed by atoms with Crippen molar-refractivity contribution in [3.05, 3.63) is 65.6 Å². The fourth-order valence-electron chi connectivity index (χ4n) is 2.41. The lowest BCUT2D eigenvalue weighted by Gasteiger charge is -2.08. The van der Waals surface area contributed by atoms with Crippen LogP contribution in [0, 0.1) is 17.1 Å². The van der Waals surface area contributed by atoms with Crippen molar-refractivity contribution in [1.82, 2.24) is 4.57 Å². The summed E-state index contributed by atoms with van der Waals surface area (Å²) in [4.78, 5) is 0. The van der Waals surface area contributed by atoms with Gasteiger partial charge in [0.2, 0.25) is 0 Å². The zero-order chi connectivity index (χ0) is 14.8. The Morgan fingerprint density at radius 3 is 2.76 bits per heavy atom. The first-order chi connectivity index (χ1) is 10.2. The fraction of sp³-hybridized carbons (Fsp3) is 0.118. The first kappa shape index (κ1) is 13.2. The van der Waals surface area contributed by atoms with Gasteiger partial charge >= 0.3 is 0 Å². The van der Waals surface area contributed by atoms with E-state index in [2.05, 4.69) is 6.07 Å². The number of hydrogen-bond donors (Lipinski definition) is 0. The minimum Gasteiger partial charge on any atom is -0.494 e. The minimum atomic E-state index is -0.363. The van der Waals surface area contributed by atoms with E-state index in [1.54, 1.807) is 12.1 Å². The SMILES string of the molecule is COc1ccc(Cn2ccc3cc(C#N)ccc32)cc1F. The van der Waals surface area contributed by atoms with Gasteiger partial charge in [-0.25, -0.2) is 4.39 Å². The largest absolute Gasteiger partial charge is 0.494 e. The maximum atomic E-state index is 13.7. The second-order valence-electron chi connectivity index (χ2n) is 4.80. The summed E-state index contributed by atoms with van der Waals surface area (Å²) < 4.78 is 20.7. The molecule has 4 heteroatoms. The minimum absolute atomic E-state index is 0.245. The van der Waals surface area contributed by atoms with Crippen LogP contribution in [0.1, 0.15) is 11.1 Å². The van der Waals surface area contributed by atoms with E-state index >= 15 is 0 Å². The van der Waals surface area contributed by atoms with Gasteiger partial charge in [0.15, 0.2) is 11.6 Å². The van der Waals surface area contributed by atoms with E-state index in [0.29, 0.717) is 12.1 Å². The van der Waals surface area contributed by atoms with Gasteiger partial charge in [0.05, 0.1) is 18.7 Å². The third-order valence-electron chi connectivity index (χ3n) is 3.47. The molecule has 104 valence electrons. The zero-order valence-electron chi connectivity index (χ0n) is 11.5. The molecule has 0 unspecified atom stereocenters. The normalized spacial score (nSPS) is 10.5. The van der Waals surface area contributed by atoms with Gasteiger partial charge in [-0.1, -0.05) is 6.07 Å². The molecule has 0 aliphatic rings. The maximum absolute atomic E-state index is 13.7. The number of ether oxygens (including phenoxy) is 1. The molecule has 2 aromatic carbocycles. The number of halogens is 1. The Bertz CT molecular complexity index is 846. The molecule has 21 heavy (non-hydrogen) atoms. The molecule has 1 heterocycles. The van der Waals surface area contributed by atoms with E-state index in [0.717, 1.165) is 16.5 Å². The van der Waals surface area contributed by atoms with Gasteiger partial charge in [-0.2, -0.15) is 5.26 Å². The van der Waals surface area contributed by atoms with Crippen molar-refractivity contribution in [3.63, 3.8) is 0 Å². The van der Waals surface area contributed by atoms with E-state index in [9.17, 15) is 4.39 Å². The Morgan fingerprint density at radius 1 is 1.19 bits per heavy atom. The van der Waals surface area contributed by atoms with Gasteiger partial charge in [0.25, 0.3) is 0 Å². The van der Waals surface area contributed by atoms with E-state index in [1.165, 1.54) is 13.2 Å². The van der Waals surface area contributed by atoms with Crippen LogP contribution in [0.4, 0.5) is 4.39 Å². The number of rotatable bonds is 3. The third kappa shape index (κ3) is 2.46. The van der Waals surface area contributed by atoms with Crippen LogP contribution in [0.25, 0.3) is 10.9 Å². The molecular formula is C17H13FN2O. The maximum Gasteiger partial charge on any atom is 0.165 e. The molecule has 0 saturated heterocycles. The highest BCUT2D eigenvalue weighted by Gasteiger charge is 2.06. The summed E-state index contributed by atoms with van der Waals surface area (Å²) in [5, 5.41) is 9.91. The summed E-state index contributed by atoms with van der Waals surface area (Å²) in [5.41, 5.74) is 2.51. The van der Waals surface area contributed by atoms with Crippen LogP contribution >= 0.6 is 0 Å². The van der Waals surface area contributed by atoms with Crippen LogP contribution in [0.2, 0.25) is 0 Å². The van der Waals surface area contributed by atoms with E-state index in [1.807, 2.05) is 35.0 Å². The molecule has 3 aromatic rings. The van der Waals surface area contributed by atoms with Crippen molar-refractivity contribution in [2.24, 2.45) is 0 Å². The topological polar surface area (TPSA) is 38.0 Å². The zero-order valence-corrected chi connectivity index (χ0v) is 11.5. The first-order valence-electron chi connectivity index (χ1n) is 6.52. The van der Waals surface area contributed by atoms with Crippen molar-refractivity contribution in [1.29, 1.82) is 5.26 Å². The third-order valence-corrected chi connectivity index (χ3v) is 3.47. The standard InChI is InChI=1S/C17H13FN2O/c1-21-17-5-3-13(9-15(17)18)11-20-7-6-14-8-12(10-19)2-4-16(14)20/h2-9H,11H2,1H3. The average molecular weight is 280 g/mol. The summed E-state index contributed by atoms with van der Waals surface area (Å²) in [7, 11) is 1.45. The Kier molecular flexibility index (Phi) is 3.33. The van der Waals surface area contributed by atoms with Crippen LogP contribution in [-0.2, 0) is 6.54 Å². The van der Waals surface area contributed by atoms with Gasteiger partial charge in [0, 0.05) is 23.6 Å². The Hall–Kier alpha value is -2.80.